The molecule has 1 amide bonds. The smallest absolute Gasteiger partial charge is 0.251 e. The van der Waals surface area contributed by atoms with Crippen LogP contribution >= 0.6 is 23.2 Å². The number of carbonyl (C=O) groups is 1. The fraction of sp³-hybridized carbons (Fsp3) is 0.500. The second-order valence-electron chi connectivity index (χ2n) is 9.86. The number of amides is 1. The molecule has 194 valence electrons. The van der Waals surface area contributed by atoms with E-state index in [9.17, 15) is 4.79 Å². The highest BCUT2D eigenvalue weighted by molar-refractivity contribution is 6.35. The van der Waals surface area contributed by atoms with E-state index in [1.807, 2.05) is 36.4 Å². The number of guanidine groups is 1. The van der Waals surface area contributed by atoms with Gasteiger partial charge in [-0.15, -0.1) is 0 Å². The van der Waals surface area contributed by atoms with Gasteiger partial charge in [-0.3, -0.25) is 4.79 Å². The monoisotopic (exact) mass is 529 g/mol. The van der Waals surface area contributed by atoms with Gasteiger partial charge in [0.05, 0.1) is 6.54 Å². The van der Waals surface area contributed by atoms with Crippen molar-refractivity contribution in [2.24, 2.45) is 4.99 Å². The lowest BCUT2D eigenvalue weighted by molar-refractivity contribution is 0.0954. The van der Waals surface area contributed by atoms with Gasteiger partial charge < -0.3 is 20.9 Å². The van der Waals surface area contributed by atoms with E-state index in [1.165, 1.54) is 32.1 Å². The van der Waals surface area contributed by atoms with Crippen molar-refractivity contribution in [2.75, 3.05) is 26.2 Å². The second kappa shape index (κ2) is 13.3. The fourth-order valence-electron chi connectivity index (χ4n) is 4.86. The average Bonchev–Trinajstić information content (AvgIpc) is 2.88. The van der Waals surface area contributed by atoms with Crippen molar-refractivity contribution in [1.29, 1.82) is 0 Å². The van der Waals surface area contributed by atoms with Crippen molar-refractivity contribution in [2.45, 2.75) is 64.1 Å². The summed E-state index contributed by atoms with van der Waals surface area (Å²) in [6.45, 7) is 6.21. The van der Waals surface area contributed by atoms with E-state index in [1.54, 1.807) is 6.07 Å². The van der Waals surface area contributed by atoms with Gasteiger partial charge in [0.1, 0.15) is 0 Å². The summed E-state index contributed by atoms with van der Waals surface area (Å²) in [7, 11) is 0. The summed E-state index contributed by atoms with van der Waals surface area (Å²) in [6, 6.07) is 14.1. The average molecular weight is 531 g/mol. The maximum atomic E-state index is 12.6. The number of hydrogen-bond acceptors (Lipinski definition) is 3. The number of carbonyl (C=O) groups excluding carboxylic acids is 1. The number of aliphatic imine (C=N–C) groups is 1. The van der Waals surface area contributed by atoms with Crippen LogP contribution in [0.3, 0.4) is 0 Å². The summed E-state index contributed by atoms with van der Waals surface area (Å²) in [6.07, 6.45) is 7.00. The molecule has 8 heteroatoms. The summed E-state index contributed by atoms with van der Waals surface area (Å²) < 4.78 is 0. The number of piperazine rings is 1. The molecular weight excluding hydrogens is 493 g/mol. The predicted molar refractivity (Wildman–Crippen MR) is 149 cm³/mol. The first kappa shape index (κ1) is 26.8. The zero-order valence-electron chi connectivity index (χ0n) is 21.0. The van der Waals surface area contributed by atoms with E-state index < -0.39 is 0 Å². The maximum Gasteiger partial charge on any atom is 0.251 e. The normalized spacial score (nSPS) is 19.2. The first-order valence-electron chi connectivity index (χ1n) is 13.1. The minimum Gasteiger partial charge on any atom is -0.353 e. The molecule has 0 spiro atoms. The number of benzene rings is 2. The first-order chi connectivity index (χ1) is 17.5. The van der Waals surface area contributed by atoms with E-state index >= 15 is 0 Å². The van der Waals surface area contributed by atoms with Crippen molar-refractivity contribution < 1.29 is 4.79 Å². The lowest BCUT2D eigenvalue weighted by Gasteiger charge is -2.36. The van der Waals surface area contributed by atoms with Gasteiger partial charge in [0, 0.05) is 53.9 Å². The molecule has 1 aliphatic heterocycles. The van der Waals surface area contributed by atoms with Crippen molar-refractivity contribution in [3.8, 4) is 0 Å². The predicted octanol–water partition coefficient (Wildman–Crippen LogP) is 5.04. The Bertz CT molecular complexity index is 1040. The number of nitrogens with one attached hydrogen (secondary N) is 3. The van der Waals surface area contributed by atoms with Crippen molar-refractivity contribution in [3.05, 3.63) is 69.2 Å². The summed E-state index contributed by atoms with van der Waals surface area (Å²) in [5.74, 6) is 0.919. The number of halogens is 2. The molecular formula is C28H37Cl2N5O. The number of nitrogens with zero attached hydrogens (tertiary/aromatic N) is 2. The Kier molecular flexibility index (Phi) is 9.90. The highest BCUT2D eigenvalue weighted by Crippen LogP contribution is 2.21. The van der Waals surface area contributed by atoms with E-state index in [0.29, 0.717) is 47.2 Å². The largest absolute Gasteiger partial charge is 0.353 e. The van der Waals surface area contributed by atoms with Crippen LogP contribution in [0.2, 0.25) is 10.0 Å². The lowest BCUT2D eigenvalue weighted by Crippen LogP contribution is -2.56. The molecule has 1 heterocycles. The Morgan fingerprint density at radius 2 is 1.89 bits per heavy atom. The molecule has 0 unspecified atom stereocenters. The van der Waals surface area contributed by atoms with E-state index in [4.69, 9.17) is 28.2 Å². The molecule has 3 N–H and O–H groups in total. The van der Waals surface area contributed by atoms with Gasteiger partial charge in [0.15, 0.2) is 5.96 Å². The van der Waals surface area contributed by atoms with Crippen LogP contribution in [0.1, 0.15) is 60.5 Å². The van der Waals surface area contributed by atoms with Gasteiger partial charge in [-0.1, -0.05) is 60.7 Å². The van der Waals surface area contributed by atoms with Crippen LogP contribution in [-0.4, -0.2) is 55.0 Å². The summed E-state index contributed by atoms with van der Waals surface area (Å²) >= 11 is 12.2. The van der Waals surface area contributed by atoms with Crippen LogP contribution in [0.25, 0.3) is 0 Å². The standard InChI is InChI=1S/C28H37Cl2N5O/c1-20-19-35(16-15-31-20)28(34-25-5-3-2-4-6-25)33-18-21-7-9-23(10-8-21)27(36)32-14-13-22-11-12-24(29)17-26(22)30/h7-12,17,20,25,31H,2-6,13-16,18-19H2,1H3,(H,32,36)(H,33,34)/t20-/m0/s1. The Balaban J connectivity index is 1.33. The highest BCUT2D eigenvalue weighted by Gasteiger charge is 2.22. The Morgan fingerprint density at radius 3 is 2.61 bits per heavy atom. The molecule has 2 aromatic carbocycles. The molecule has 1 aliphatic carbocycles. The van der Waals surface area contributed by atoms with Crippen LogP contribution in [0.15, 0.2) is 47.5 Å². The molecule has 1 atom stereocenters. The molecule has 1 saturated heterocycles. The first-order valence-corrected chi connectivity index (χ1v) is 13.8. The maximum absolute atomic E-state index is 12.6. The Labute approximate surface area is 224 Å². The van der Waals surface area contributed by atoms with E-state index in [0.717, 1.165) is 36.7 Å². The van der Waals surface area contributed by atoms with Gasteiger partial charge >= 0.3 is 0 Å². The van der Waals surface area contributed by atoms with Gasteiger partial charge in [-0.25, -0.2) is 4.99 Å². The quantitative estimate of drug-likeness (QED) is 0.347. The van der Waals surface area contributed by atoms with Gasteiger partial charge in [0.2, 0.25) is 0 Å². The second-order valence-corrected chi connectivity index (χ2v) is 10.7. The van der Waals surface area contributed by atoms with E-state index in [2.05, 4.69) is 27.8 Å². The fourth-order valence-corrected chi connectivity index (χ4v) is 5.36. The minimum atomic E-state index is -0.0930. The topological polar surface area (TPSA) is 68.8 Å². The zero-order chi connectivity index (χ0) is 25.3. The van der Waals surface area contributed by atoms with Crippen LogP contribution < -0.4 is 16.0 Å². The molecule has 1 saturated carbocycles. The van der Waals surface area contributed by atoms with Gasteiger partial charge in [-0.05, 0) is 61.6 Å². The molecule has 0 aromatic heterocycles. The molecule has 4 rings (SSSR count). The third-order valence-corrected chi connectivity index (χ3v) is 7.52. The number of rotatable bonds is 7. The Morgan fingerprint density at radius 1 is 1.11 bits per heavy atom. The molecule has 6 nitrogen and oxygen atoms in total. The zero-order valence-corrected chi connectivity index (χ0v) is 22.5. The third-order valence-electron chi connectivity index (χ3n) is 6.93. The molecule has 2 aromatic rings. The van der Waals surface area contributed by atoms with Crippen molar-refractivity contribution in [3.63, 3.8) is 0 Å². The summed E-state index contributed by atoms with van der Waals surface area (Å²) in [4.78, 5) is 20.0. The van der Waals surface area contributed by atoms with Crippen LogP contribution in [0, 0.1) is 0 Å². The van der Waals surface area contributed by atoms with Gasteiger partial charge in [0.25, 0.3) is 5.91 Å². The van der Waals surface area contributed by atoms with Crippen LogP contribution in [-0.2, 0) is 13.0 Å². The van der Waals surface area contributed by atoms with Crippen LogP contribution in [0.4, 0.5) is 0 Å². The van der Waals surface area contributed by atoms with Crippen molar-refractivity contribution >= 4 is 35.1 Å². The third kappa shape index (κ3) is 7.86. The van der Waals surface area contributed by atoms with Crippen molar-refractivity contribution in [1.82, 2.24) is 20.9 Å². The highest BCUT2D eigenvalue weighted by atomic mass is 35.5. The number of hydrogen-bond donors (Lipinski definition) is 3. The Hall–Kier alpha value is -2.28. The molecule has 2 fully saturated rings. The lowest BCUT2D eigenvalue weighted by atomic mass is 9.96. The summed E-state index contributed by atoms with van der Waals surface area (Å²) in [5.41, 5.74) is 2.69. The van der Waals surface area contributed by atoms with E-state index in [-0.39, 0.29) is 5.91 Å². The summed E-state index contributed by atoms with van der Waals surface area (Å²) in [5, 5.41) is 11.5. The SMILES string of the molecule is C[C@H]1CN(C(=NCc2ccc(C(=O)NCCc3ccc(Cl)cc3Cl)cc2)NC2CCCCC2)CCN1. The molecule has 0 bridgehead atoms. The molecule has 2 aliphatic rings. The molecule has 36 heavy (non-hydrogen) atoms. The van der Waals surface area contributed by atoms with Gasteiger partial charge in [-0.2, -0.15) is 0 Å². The minimum absolute atomic E-state index is 0.0930. The molecule has 0 radical (unpaired) electrons. The van der Waals surface area contributed by atoms with Crippen LogP contribution in [0.5, 0.6) is 0 Å².